The predicted molar refractivity (Wildman–Crippen MR) is 177 cm³/mol. The molecule has 244 valence electrons. The summed E-state index contributed by atoms with van der Waals surface area (Å²) >= 11 is 0. The summed E-state index contributed by atoms with van der Waals surface area (Å²) < 4.78 is 0. The van der Waals surface area contributed by atoms with Crippen molar-refractivity contribution in [2.45, 2.75) is 219 Å². The molecule has 0 aliphatic heterocycles. The average molecular weight is 819 g/mol. The van der Waals surface area contributed by atoms with Crippen molar-refractivity contribution in [1.82, 2.24) is 0 Å². The second kappa shape index (κ2) is 46.8. The molecule has 0 radical (unpaired) electrons. The molecule has 0 aromatic heterocycles. The van der Waals surface area contributed by atoms with Crippen LogP contribution in [0.2, 0.25) is 0 Å². The first-order chi connectivity index (χ1) is 19.5. The summed E-state index contributed by atoms with van der Waals surface area (Å²) in [6.07, 6.45) is 39.7. The zero-order chi connectivity index (χ0) is 29.8. The zero-order valence-electron chi connectivity index (χ0n) is 30.7. The molecular formula is C36H72BaCdO4. The van der Waals surface area contributed by atoms with Crippen molar-refractivity contribution in [3.05, 3.63) is 0 Å². The number of carboxylic acid groups (broad SMARTS) is 2. The van der Waals surface area contributed by atoms with E-state index in [1.54, 1.807) is 0 Å². The second-order valence-corrected chi connectivity index (χ2v) is 12.1. The van der Waals surface area contributed by atoms with Crippen LogP contribution in [-0.2, 0) is 36.9 Å². The maximum atomic E-state index is 10.2. The van der Waals surface area contributed by atoms with E-state index in [1.165, 1.54) is 167 Å². The van der Waals surface area contributed by atoms with Gasteiger partial charge in [0.2, 0.25) is 0 Å². The van der Waals surface area contributed by atoms with Crippen molar-refractivity contribution < 1.29 is 50.0 Å². The maximum Gasteiger partial charge on any atom is 2.00 e. The first-order valence-electron chi connectivity index (χ1n) is 17.9. The van der Waals surface area contributed by atoms with Crippen LogP contribution in [0.1, 0.15) is 222 Å². The maximum absolute atomic E-state index is 10.2. The average Bonchev–Trinajstić information content (AvgIpc) is 2.93. The zero-order valence-corrected chi connectivity index (χ0v) is 37.2. The molecule has 0 spiro atoms. The number of aliphatic carboxylic acids is 2. The topological polar surface area (TPSA) is 80.3 Å². The third-order valence-electron chi connectivity index (χ3n) is 7.97. The van der Waals surface area contributed by atoms with Gasteiger partial charge in [-0.15, -0.1) is 0 Å². The Balaban J connectivity index is -0.000000150. The molecule has 0 unspecified atom stereocenters. The standard InChI is InChI=1S/2C18H36O2.Ba.Cd.2H/c2*1-2-3-4-5-6-7-8-9-10-11-12-13-14-15-16-17-18(19)20;;;;/h2*2-17H2,1H3,(H,19,20);;;;/q;;2*+2;2*-1/p-2. The minimum absolute atomic E-state index is 0. The molecule has 0 aliphatic carbocycles. The molecule has 0 saturated heterocycles. The third-order valence-corrected chi connectivity index (χ3v) is 7.97. The van der Waals surface area contributed by atoms with E-state index in [1.807, 2.05) is 0 Å². The van der Waals surface area contributed by atoms with Gasteiger partial charge in [-0.05, 0) is 25.7 Å². The SMILES string of the molecule is CCCCCCCCCCCCCCCCCC(=O)[O-].CCCCCCCCCCCCCCCCCC(=O)[O-].[Ba+2].[Cd+2].[H-].[H-]. The van der Waals surface area contributed by atoms with Crippen LogP contribution >= 0.6 is 0 Å². The molecule has 0 amide bonds. The van der Waals surface area contributed by atoms with E-state index in [0.29, 0.717) is 0 Å². The van der Waals surface area contributed by atoms with E-state index in [0.717, 1.165) is 25.7 Å². The number of hydrogen-bond donors (Lipinski definition) is 0. The Bertz CT molecular complexity index is 473. The fourth-order valence-electron chi connectivity index (χ4n) is 5.28. The van der Waals surface area contributed by atoms with Crippen LogP contribution in [0.3, 0.4) is 0 Å². The molecule has 0 saturated carbocycles. The van der Waals surface area contributed by atoms with Gasteiger partial charge in [0.15, 0.2) is 0 Å². The van der Waals surface area contributed by atoms with Crippen LogP contribution in [0.5, 0.6) is 0 Å². The molecular weight excluding hydrogens is 746 g/mol. The molecule has 4 nitrogen and oxygen atoms in total. The first kappa shape index (κ1) is 50.3. The van der Waals surface area contributed by atoms with E-state index in [4.69, 9.17) is 0 Å². The van der Waals surface area contributed by atoms with Crippen LogP contribution in [0.15, 0.2) is 0 Å². The summed E-state index contributed by atoms with van der Waals surface area (Å²) in [5.74, 6) is -1.81. The van der Waals surface area contributed by atoms with Gasteiger partial charge in [0.1, 0.15) is 0 Å². The van der Waals surface area contributed by atoms with Gasteiger partial charge >= 0.3 is 76.2 Å². The molecule has 0 aromatic carbocycles. The van der Waals surface area contributed by atoms with Crippen molar-refractivity contribution >= 4 is 60.8 Å². The number of unbranched alkanes of at least 4 members (excludes halogenated alkanes) is 28. The number of rotatable bonds is 32. The third kappa shape index (κ3) is 54.0. The minimum Gasteiger partial charge on any atom is -1.00 e. The Morgan fingerprint density at radius 3 is 0.643 bits per heavy atom. The number of carbonyl (C=O) groups excluding carboxylic acids is 2. The second-order valence-electron chi connectivity index (χ2n) is 12.1. The fraction of sp³-hybridized carbons (Fsp3) is 0.944. The van der Waals surface area contributed by atoms with Crippen LogP contribution < -0.4 is 10.2 Å². The smallest absolute Gasteiger partial charge is 1.00 e. The molecule has 0 rings (SSSR count). The van der Waals surface area contributed by atoms with Crippen molar-refractivity contribution in [3.8, 4) is 0 Å². The van der Waals surface area contributed by atoms with Gasteiger partial charge in [-0.2, -0.15) is 0 Å². The predicted octanol–water partition coefficient (Wildman–Crippen LogP) is 9.84. The van der Waals surface area contributed by atoms with Crippen LogP contribution in [0, 0.1) is 0 Å². The minimum atomic E-state index is -0.903. The van der Waals surface area contributed by atoms with Gasteiger partial charge in [0.25, 0.3) is 0 Å². The Kier molecular flexibility index (Phi) is 56.1. The summed E-state index contributed by atoms with van der Waals surface area (Å²) in [5, 5.41) is 20.4. The summed E-state index contributed by atoms with van der Waals surface area (Å²) in [4.78, 5) is 20.4. The fourth-order valence-corrected chi connectivity index (χ4v) is 5.28. The van der Waals surface area contributed by atoms with Crippen LogP contribution in [0.25, 0.3) is 0 Å². The molecule has 0 bridgehead atoms. The molecule has 0 atom stereocenters. The van der Waals surface area contributed by atoms with Crippen LogP contribution in [0.4, 0.5) is 0 Å². The van der Waals surface area contributed by atoms with E-state index < -0.39 is 11.9 Å². The van der Waals surface area contributed by atoms with Gasteiger partial charge in [-0.3, -0.25) is 0 Å². The van der Waals surface area contributed by atoms with Gasteiger partial charge < -0.3 is 22.7 Å². The van der Waals surface area contributed by atoms with Crippen molar-refractivity contribution in [1.29, 1.82) is 0 Å². The van der Waals surface area contributed by atoms with Gasteiger partial charge in [-0.25, -0.2) is 0 Å². The molecule has 0 aromatic rings. The normalized spacial score (nSPS) is 10.3. The molecule has 6 heteroatoms. The molecule has 0 heterocycles. The summed E-state index contributed by atoms with van der Waals surface area (Å²) in [7, 11) is 0. The Labute approximate surface area is 326 Å². The summed E-state index contributed by atoms with van der Waals surface area (Å²) in [6.45, 7) is 4.53. The van der Waals surface area contributed by atoms with Crippen LogP contribution in [-0.4, -0.2) is 60.8 Å². The van der Waals surface area contributed by atoms with Gasteiger partial charge in [-0.1, -0.05) is 194 Å². The van der Waals surface area contributed by atoms with Gasteiger partial charge in [0, 0.05) is 11.9 Å². The molecule has 0 aliphatic rings. The number of hydrogen-bond acceptors (Lipinski definition) is 4. The monoisotopic (exact) mass is 820 g/mol. The Morgan fingerprint density at radius 1 is 0.357 bits per heavy atom. The van der Waals surface area contributed by atoms with Gasteiger partial charge in [0.05, 0.1) is 0 Å². The quantitative estimate of drug-likeness (QED) is 0.0501. The Morgan fingerprint density at radius 2 is 0.500 bits per heavy atom. The van der Waals surface area contributed by atoms with E-state index in [2.05, 4.69) is 13.8 Å². The van der Waals surface area contributed by atoms with E-state index >= 15 is 0 Å². The number of carbonyl (C=O) groups is 2. The summed E-state index contributed by atoms with van der Waals surface area (Å²) in [5.41, 5.74) is 0. The van der Waals surface area contributed by atoms with Crippen molar-refractivity contribution in [3.63, 3.8) is 0 Å². The van der Waals surface area contributed by atoms with E-state index in [9.17, 15) is 19.8 Å². The molecule has 0 N–H and O–H groups in total. The van der Waals surface area contributed by atoms with E-state index in [-0.39, 0.29) is 91.9 Å². The molecule has 0 fully saturated rings. The first-order valence-corrected chi connectivity index (χ1v) is 17.9. The largest absolute Gasteiger partial charge is 2.00 e. The number of carboxylic acids is 2. The van der Waals surface area contributed by atoms with Crippen molar-refractivity contribution in [2.24, 2.45) is 0 Å². The Hall–Kier alpha value is 1.43. The molecule has 42 heavy (non-hydrogen) atoms. The summed E-state index contributed by atoms with van der Waals surface area (Å²) in [6, 6.07) is 0. The van der Waals surface area contributed by atoms with Crippen molar-refractivity contribution in [2.75, 3.05) is 0 Å².